The number of nitriles is 1. The Balaban J connectivity index is 0.971. The van der Waals surface area contributed by atoms with Crippen LogP contribution in [-0.4, -0.2) is 66.3 Å². The van der Waals surface area contributed by atoms with Crippen LogP contribution in [0.1, 0.15) is 62.0 Å². The lowest BCUT2D eigenvalue weighted by atomic mass is 9.49. The number of carbonyl (C=O) groups is 1. The van der Waals surface area contributed by atoms with Gasteiger partial charge in [-0.2, -0.15) is 5.26 Å². The highest BCUT2D eigenvalue weighted by molar-refractivity contribution is 6.31. The summed E-state index contributed by atoms with van der Waals surface area (Å²) in [5.41, 5.74) is 1.52. The fourth-order valence-corrected chi connectivity index (χ4v) is 7.81. The highest BCUT2D eigenvalue weighted by Gasteiger charge is 2.64. The second kappa shape index (κ2) is 12.6. The minimum atomic E-state index is -0.332. The zero-order valence-corrected chi connectivity index (χ0v) is 27.3. The van der Waals surface area contributed by atoms with Crippen molar-refractivity contribution in [1.82, 2.24) is 15.2 Å². The van der Waals surface area contributed by atoms with E-state index in [1.807, 2.05) is 18.2 Å². The van der Waals surface area contributed by atoms with E-state index in [4.69, 9.17) is 26.3 Å². The van der Waals surface area contributed by atoms with E-state index < -0.39 is 0 Å². The average molecular weight is 628 g/mol. The minimum Gasteiger partial charge on any atom is -0.489 e. The molecular formula is C36H42ClN5O3. The maximum atomic E-state index is 13.3. The molecule has 0 atom stereocenters. The predicted molar refractivity (Wildman–Crippen MR) is 175 cm³/mol. The number of benzene rings is 2. The Kier molecular flexibility index (Phi) is 8.80. The molecule has 9 heteroatoms. The third-order valence-corrected chi connectivity index (χ3v) is 10.3. The molecule has 2 aliphatic carbocycles. The summed E-state index contributed by atoms with van der Waals surface area (Å²) in [6.45, 7) is 12.9. The first kappa shape index (κ1) is 31.3. The number of nitrogens with zero attached hydrogens (tertiary/aromatic N) is 4. The normalized spacial score (nSPS) is 25.4. The zero-order valence-electron chi connectivity index (χ0n) is 26.5. The number of carbonyl (C=O) groups excluding carboxylic acids is 1. The van der Waals surface area contributed by atoms with Crippen molar-refractivity contribution in [3.8, 4) is 11.8 Å². The lowest BCUT2D eigenvalue weighted by Crippen LogP contribution is -2.74. The van der Waals surface area contributed by atoms with Gasteiger partial charge in [-0.3, -0.25) is 9.69 Å². The highest BCUT2D eigenvalue weighted by atomic mass is 35.5. The molecule has 0 radical (unpaired) electrons. The molecule has 1 aliphatic heterocycles. The quantitative estimate of drug-likeness (QED) is 0.307. The van der Waals surface area contributed by atoms with Crippen LogP contribution in [0.2, 0.25) is 5.02 Å². The zero-order chi connectivity index (χ0) is 31.8. The molecule has 2 aromatic carbocycles. The Morgan fingerprint density at radius 2 is 1.73 bits per heavy atom. The summed E-state index contributed by atoms with van der Waals surface area (Å²) >= 11 is 6.23. The van der Waals surface area contributed by atoms with Gasteiger partial charge in [-0.15, -0.1) is 0 Å². The van der Waals surface area contributed by atoms with E-state index in [9.17, 15) is 4.79 Å². The van der Waals surface area contributed by atoms with Gasteiger partial charge >= 0.3 is 0 Å². The molecule has 1 saturated heterocycles. The maximum absolute atomic E-state index is 13.3. The fraction of sp³-hybridized carbons (Fsp3) is 0.472. The fourth-order valence-electron chi connectivity index (χ4n) is 7.59. The molecule has 0 unspecified atom stereocenters. The molecule has 236 valence electrons. The van der Waals surface area contributed by atoms with Crippen LogP contribution >= 0.6 is 11.6 Å². The van der Waals surface area contributed by atoms with Gasteiger partial charge in [-0.05, 0) is 42.7 Å². The van der Waals surface area contributed by atoms with E-state index in [-0.39, 0.29) is 28.9 Å². The second-order valence-corrected chi connectivity index (χ2v) is 14.2. The Morgan fingerprint density at radius 1 is 1.02 bits per heavy atom. The van der Waals surface area contributed by atoms with Gasteiger partial charge in [0.25, 0.3) is 5.91 Å². The number of hydrogen-bond donors (Lipinski definition) is 1. The number of anilines is 1. The van der Waals surface area contributed by atoms with Crippen molar-refractivity contribution in [3.63, 3.8) is 0 Å². The molecule has 3 aliphatic rings. The van der Waals surface area contributed by atoms with E-state index in [0.717, 1.165) is 44.8 Å². The van der Waals surface area contributed by atoms with Crippen LogP contribution in [0.3, 0.4) is 0 Å². The summed E-state index contributed by atoms with van der Waals surface area (Å²) in [7, 11) is 0. The van der Waals surface area contributed by atoms with Gasteiger partial charge in [0.2, 0.25) is 0 Å². The Morgan fingerprint density at radius 3 is 2.36 bits per heavy atom. The summed E-state index contributed by atoms with van der Waals surface area (Å²) in [4.78, 5) is 22.9. The summed E-state index contributed by atoms with van der Waals surface area (Å²) in [6, 6.07) is 21.9. The lowest BCUT2D eigenvalue weighted by molar-refractivity contribution is -0.164. The Hall–Kier alpha value is -3.64. The Bertz CT molecular complexity index is 1530. The van der Waals surface area contributed by atoms with Gasteiger partial charge in [0, 0.05) is 61.4 Å². The lowest BCUT2D eigenvalue weighted by Gasteiger charge is -2.63. The summed E-state index contributed by atoms with van der Waals surface area (Å²) in [5.74, 6) is 1.38. The standard InChI is InChI=1S/C36H42ClN5O3/c1-35(2)33(36(3,4)34(35)45-28-12-10-25(21-38)30(37)20-28)40-32(43)26-11-13-31(39-22-26)42-16-14-41(15-17-42)27-18-29(19-27)44-23-24-8-6-5-7-9-24/h5-13,20,22,27,29,33-34H,14-19,23H2,1-4H3,(H,40,43)/t27?,29?,33-,34-. The van der Waals surface area contributed by atoms with Crippen molar-refractivity contribution in [2.24, 2.45) is 10.8 Å². The maximum Gasteiger partial charge on any atom is 0.253 e. The number of pyridine rings is 1. The third kappa shape index (κ3) is 6.40. The Labute approximate surface area is 271 Å². The van der Waals surface area contributed by atoms with E-state index in [1.165, 1.54) is 5.56 Å². The van der Waals surface area contributed by atoms with Gasteiger partial charge in [0.05, 0.1) is 28.9 Å². The van der Waals surface area contributed by atoms with Crippen LogP contribution in [0.25, 0.3) is 0 Å². The summed E-state index contributed by atoms with van der Waals surface area (Å²) in [6.07, 6.45) is 4.07. The van der Waals surface area contributed by atoms with E-state index in [1.54, 1.807) is 24.4 Å². The minimum absolute atomic E-state index is 0.112. The van der Waals surface area contributed by atoms with Gasteiger partial charge in [-0.25, -0.2) is 4.98 Å². The number of halogens is 1. The third-order valence-electron chi connectivity index (χ3n) is 9.99. The van der Waals surface area contributed by atoms with E-state index in [0.29, 0.717) is 40.7 Å². The molecule has 6 rings (SSSR count). The topological polar surface area (TPSA) is 90.7 Å². The number of rotatable bonds is 9. The molecule has 0 bridgehead atoms. The molecule has 2 saturated carbocycles. The number of hydrogen-bond acceptors (Lipinski definition) is 7. The molecular weight excluding hydrogens is 586 g/mol. The van der Waals surface area contributed by atoms with Crippen molar-refractivity contribution >= 4 is 23.3 Å². The van der Waals surface area contributed by atoms with Crippen molar-refractivity contribution in [2.45, 2.75) is 71.4 Å². The first-order valence-corrected chi connectivity index (χ1v) is 16.2. The molecule has 0 spiro atoms. The summed E-state index contributed by atoms with van der Waals surface area (Å²) < 4.78 is 12.5. The van der Waals surface area contributed by atoms with Crippen molar-refractivity contribution in [2.75, 3.05) is 31.1 Å². The molecule has 8 nitrogen and oxygen atoms in total. The predicted octanol–water partition coefficient (Wildman–Crippen LogP) is 6.09. The molecule has 1 aromatic heterocycles. The molecule has 1 amide bonds. The highest BCUT2D eigenvalue weighted by Crippen LogP contribution is 2.55. The molecule has 3 aromatic rings. The first-order valence-electron chi connectivity index (χ1n) is 15.8. The number of amides is 1. The van der Waals surface area contributed by atoms with Crippen LogP contribution < -0.4 is 15.0 Å². The van der Waals surface area contributed by atoms with E-state index >= 15 is 0 Å². The number of piperazine rings is 1. The number of ether oxygens (including phenoxy) is 2. The van der Waals surface area contributed by atoms with Crippen LogP contribution in [0.15, 0.2) is 66.9 Å². The van der Waals surface area contributed by atoms with Gasteiger partial charge in [0.15, 0.2) is 0 Å². The first-order chi connectivity index (χ1) is 21.6. The SMILES string of the molecule is CC1(C)[C@H](NC(=O)c2ccc(N3CCN(C4CC(OCc5ccccc5)C4)CC3)nc2)C(C)(C)[C@H]1Oc1ccc(C#N)c(Cl)c1. The van der Waals surface area contributed by atoms with Crippen LogP contribution in [0.5, 0.6) is 5.75 Å². The molecule has 1 N–H and O–H groups in total. The molecule has 2 heterocycles. The average Bonchev–Trinajstić information content (AvgIpc) is 3.02. The smallest absolute Gasteiger partial charge is 0.253 e. The van der Waals surface area contributed by atoms with Gasteiger partial charge in [-0.1, -0.05) is 69.6 Å². The molecule has 45 heavy (non-hydrogen) atoms. The van der Waals surface area contributed by atoms with Crippen LogP contribution in [-0.2, 0) is 11.3 Å². The van der Waals surface area contributed by atoms with Gasteiger partial charge < -0.3 is 19.7 Å². The van der Waals surface area contributed by atoms with Gasteiger partial charge in [0.1, 0.15) is 23.7 Å². The summed E-state index contributed by atoms with van der Waals surface area (Å²) in [5, 5.41) is 12.8. The largest absolute Gasteiger partial charge is 0.489 e. The van der Waals surface area contributed by atoms with Crippen LogP contribution in [0, 0.1) is 22.2 Å². The van der Waals surface area contributed by atoms with Crippen molar-refractivity contribution in [1.29, 1.82) is 5.26 Å². The van der Waals surface area contributed by atoms with Crippen LogP contribution in [0.4, 0.5) is 5.82 Å². The van der Waals surface area contributed by atoms with E-state index in [2.05, 4.69) is 78.1 Å². The van der Waals surface area contributed by atoms with Crippen molar-refractivity contribution < 1.29 is 14.3 Å². The molecule has 3 fully saturated rings. The van der Waals surface area contributed by atoms with Crippen molar-refractivity contribution in [3.05, 3.63) is 88.6 Å². The number of nitrogens with one attached hydrogen (secondary N) is 1. The monoisotopic (exact) mass is 627 g/mol. The number of aromatic nitrogens is 1. The second-order valence-electron chi connectivity index (χ2n) is 13.8.